The highest BCUT2D eigenvalue weighted by atomic mass is 19.1. The lowest BCUT2D eigenvalue weighted by atomic mass is 9.73. The average Bonchev–Trinajstić information content (AvgIpc) is 2.80. The molecule has 29 heavy (non-hydrogen) atoms. The Bertz CT molecular complexity index is 1030. The molecule has 4 rings (SSSR count). The number of carbonyl (C=O) groups is 2. The van der Waals surface area contributed by atoms with Crippen molar-refractivity contribution in [1.29, 1.82) is 0 Å². The van der Waals surface area contributed by atoms with Crippen molar-refractivity contribution >= 4 is 23.1 Å². The number of hydrogen-bond acceptors (Lipinski definition) is 3. The topological polar surface area (TPSA) is 49.4 Å². The van der Waals surface area contributed by atoms with Crippen molar-refractivity contribution in [1.82, 2.24) is 0 Å². The molecule has 5 heteroatoms. The number of carbonyl (C=O) groups excluding carboxylic acids is 2. The van der Waals surface area contributed by atoms with E-state index in [1.165, 1.54) is 12.1 Å². The van der Waals surface area contributed by atoms with Crippen LogP contribution >= 0.6 is 0 Å². The van der Waals surface area contributed by atoms with Crippen molar-refractivity contribution in [2.24, 2.45) is 5.41 Å². The Balaban J connectivity index is 2.02. The maximum absolute atomic E-state index is 14.2. The molecule has 0 saturated heterocycles. The van der Waals surface area contributed by atoms with Gasteiger partial charge in [0.25, 0.3) is 0 Å². The number of benzene rings is 2. The minimum Gasteiger partial charge on any atom is -0.357 e. The lowest BCUT2D eigenvalue weighted by Gasteiger charge is -2.37. The largest absolute Gasteiger partial charge is 0.357 e. The number of rotatable bonds is 2. The van der Waals surface area contributed by atoms with Crippen LogP contribution in [0.5, 0.6) is 0 Å². The van der Waals surface area contributed by atoms with E-state index in [-0.39, 0.29) is 29.3 Å². The molecule has 4 nitrogen and oxygen atoms in total. The second-order valence-electron chi connectivity index (χ2n) is 8.55. The van der Waals surface area contributed by atoms with E-state index in [4.69, 9.17) is 0 Å². The predicted molar refractivity (Wildman–Crippen MR) is 112 cm³/mol. The Labute approximate surface area is 170 Å². The van der Waals surface area contributed by atoms with Crippen LogP contribution < -0.4 is 10.2 Å². The first kappa shape index (κ1) is 19.4. The summed E-state index contributed by atoms with van der Waals surface area (Å²) >= 11 is 0. The number of fused-ring (bicyclic) bond motifs is 1. The molecule has 1 unspecified atom stereocenters. The van der Waals surface area contributed by atoms with Crippen LogP contribution in [0.3, 0.4) is 0 Å². The zero-order chi connectivity index (χ0) is 20.8. The van der Waals surface area contributed by atoms with Crippen LogP contribution in [-0.4, -0.2) is 11.7 Å². The summed E-state index contributed by atoms with van der Waals surface area (Å²) in [5.41, 5.74) is 3.28. The average molecular weight is 392 g/mol. The van der Waals surface area contributed by atoms with E-state index >= 15 is 0 Å². The number of ketones is 1. The summed E-state index contributed by atoms with van der Waals surface area (Å²) in [4.78, 5) is 28.1. The molecular weight excluding hydrogens is 367 g/mol. The number of anilines is 2. The minimum absolute atomic E-state index is 0.000259. The third kappa shape index (κ3) is 3.46. The maximum atomic E-state index is 14.2. The van der Waals surface area contributed by atoms with Gasteiger partial charge in [-0.25, -0.2) is 4.39 Å². The molecule has 0 radical (unpaired) electrons. The van der Waals surface area contributed by atoms with Crippen LogP contribution in [0.1, 0.15) is 51.6 Å². The van der Waals surface area contributed by atoms with Gasteiger partial charge in [-0.15, -0.1) is 0 Å². The number of halogens is 1. The maximum Gasteiger partial charge on any atom is 0.227 e. The van der Waals surface area contributed by atoms with E-state index in [0.717, 1.165) is 11.4 Å². The van der Waals surface area contributed by atoms with Gasteiger partial charge in [-0.1, -0.05) is 45.0 Å². The second-order valence-corrected chi connectivity index (χ2v) is 8.55. The molecular formula is C24H25FN2O2. The molecule has 0 saturated carbocycles. The Morgan fingerprint density at radius 1 is 1.17 bits per heavy atom. The molecule has 2 aromatic rings. The van der Waals surface area contributed by atoms with E-state index in [1.807, 2.05) is 24.3 Å². The Hall–Kier alpha value is -2.95. The van der Waals surface area contributed by atoms with Gasteiger partial charge in [-0.05, 0) is 41.7 Å². The van der Waals surface area contributed by atoms with Crippen molar-refractivity contribution in [3.8, 4) is 0 Å². The zero-order valence-electron chi connectivity index (χ0n) is 17.0. The summed E-state index contributed by atoms with van der Waals surface area (Å²) < 4.78 is 14.2. The number of amides is 1. The highest BCUT2D eigenvalue weighted by Crippen LogP contribution is 2.48. The van der Waals surface area contributed by atoms with Gasteiger partial charge in [-0.3, -0.25) is 14.5 Å². The molecule has 150 valence electrons. The van der Waals surface area contributed by atoms with Gasteiger partial charge in [0.05, 0.1) is 17.4 Å². The van der Waals surface area contributed by atoms with Crippen molar-refractivity contribution in [2.75, 3.05) is 10.2 Å². The highest BCUT2D eigenvalue weighted by Gasteiger charge is 2.42. The number of para-hydroxylation sites is 2. The quantitative estimate of drug-likeness (QED) is 0.747. The van der Waals surface area contributed by atoms with Gasteiger partial charge >= 0.3 is 0 Å². The summed E-state index contributed by atoms with van der Waals surface area (Å²) in [5.74, 6) is -0.498. The molecule has 0 aromatic heterocycles. The Morgan fingerprint density at radius 3 is 2.66 bits per heavy atom. The molecule has 0 spiro atoms. The number of allylic oxidation sites excluding steroid dienone is 1. The van der Waals surface area contributed by atoms with Crippen molar-refractivity contribution in [3.05, 3.63) is 71.2 Å². The third-order valence-electron chi connectivity index (χ3n) is 5.64. The lowest BCUT2D eigenvalue weighted by molar-refractivity contribution is -0.119. The van der Waals surface area contributed by atoms with Crippen LogP contribution in [0.25, 0.3) is 0 Å². The fourth-order valence-corrected chi connectivity index (χ4v) is 4.42. The first-order valence-electron chi connectivity index (χ1n) is 10.0. The van der Waals surface area contributed by atoms with E-state index < -0.39 is 6.04 Å². The monoisotopic (exact) mass is 392 g/mol. The van der Waals surface area contributed by atoms with Gasteiger partial charge < -0.3 is 5.32 Å². The number of hydrogen-bond donors (Lipinski definition) is 1. The molecule has 1 aliphatic heterocycles. The van der Waals surface area contributed by atoms with Gasteiger partial charge in [0, 0.05) is 24.1 Å². The lowest BCUT2D eigenvalue weighted by Crippen LogP contribution is -2.39. The van der Waals surface area contributed by atoms with E-state index in [0.29, 0.717) is 29.7 Å². The third-order valence-corrected chi connectivity index (χ3v) is 5.64. The van der Waals surface area contributed by atoms with Crippen LogP contribution in [0.4, 0.5) is 15.8 Å². The summed E-state index contributed by atoms with van der Waals surface area (Å²) in [6, 6.07) is 13.1. The van der Waals surface area contributed by atoms with Crippen molar-refractivity contribution < 1.29 is 14.0 Å². The van der Waals surface area contributed by atoms with Gasteiger partial charge in [-0.2, -0.15) is 0 Å². The molecule has 1 aliphatic carbocycles. The van der Waals surface area contributed by atoms with Gasteiger partial charge in [0.1, 0.15) is 5.82 Å². The van der Waals surface area contributed by atoms with Gasteiger partial charge in [0.15, 0.2) is 5.78 Å². The van der Waals surface area contributed by atoms with Crippen LogP contribution in [0.2, 0.25) is 0 Å². The highest BCUT2D eigenvalue weighted by molar-refractivity contribution is 6.06. The SMILES string of the molecule is CCC(=O)N1c2ccccc2NC2=C(C(=O)CC(C)(C)C2)C1c1cccc(F)c1. The normalized spacial score (nSPS) is 20.5. The van der Waals surface area contributed by atoms with Crippen LogP contribution in [0.15, 0.2) is 59.8 Å². The van der Waals surface area contributed by atoms with E-state index in [9.17, 15) is 14.0 Å². The molecule has 0 bridgehead atoms. The minimum atomic E-state index is -0.659. The molecule has 1 N–H and O–H groups in total. The molecule has 1 heterocycles. The standard InChI is InChI=1S/C24H25FN2O2/c1-4-21(29)27-19-11-6-5-10-17(19)26-18-13-24(2,3)14-20(28)22(18)23(27)15-8-7-9-16(25)12-15/h5-12,23,26H,4,13-14H2,1-3H3. The number of Topliss-reactive ketones (excluding diaryl/α,β-unsaturated/α-hetero) is 1. The fraction of sp³-hybridized carbons (Fsp3) is 0.333. The van der Waals surface area contributed by atoms with Gasteiger partial charge in [0.2, 0.25) is 5.91 Å². The molecule has 2 aliphatic rings. The molecule has 1 amide bonds. The van der Waals surface area contributed by atoms with Crippen molar-refractivity contribution in [3.63, 3.8) is 0 Å². The summed E-state index contributed by atoms with van der Waals surface area (Å²) in [7, 11) is 0. The Kier molecular flexibility index (Phi) is 4.77. The van der Waals surface area contributed by atoms with E-state index in [1.54, 1.807) is 24.0 Å². The predicted octanol–water partition coefficient (Wildman–Crippen LogP) is 5.38. The molecule has 2 aromatic carbocycles. The second kappa shape index (κ2) is 7.14. The van der Waals surface area contributed by atoms with Crippen LogP contribution in [-0.2, 0) is 9.59 Å². The first-order valence-corrected chi connectivity index (χ1v) is 10.0. The van der Waals surface area contributed by atoms with Crippen molar-refractivity contribution in [2.45, 2.75) is 46.1 Å². The number of nitrogens with zero attached hydrogens (tertiary/aromatic N) is 1. The zero-order valence-corrected chi connectivity index (χ0v) is 17.0. The smallest absolute Gasteiger partial charge is 0.227 e. The fourth-order valence-electron chi connectivity index (χ4n) is 4.42. The van der Waals surface area contributed by atoms with Crippen LogP contribution in [0, 0.1) is 11.2 Å². The first-order chi connectivity index (χ1) is 13.8. The summed E-state index contributed by atoms with van der Waals surface area (Å²) in [5, 5.41) is 3.44. The molecule has 0 fully saturated rings. The molecule has 1 atom stereocenters. The summed E-state index contributed by atoms with van der Waals surface area (Å²) in [6.45, 7) is 5.94. The van der Waals surface area contributed by atoms with E-state index in [2.05, 4.69) is 19.2 Å². The number of nitrogens with one attached hydrogen (secondary N) is 1. The summed E-state index contributed by atoms with van der Waals surface area (Å²) in [6.07, 6.45) is 1.36. The Morgan fingerprint density at radius 2 is 1.93 bits per heavy atom.